The number of aliphatic hydroxyl groups excluding tert-OH is 1. The number of hydrogen-bond acceptors (Lipinski definition) is 6. The van der Waals surface area contributed by atoms with E-state index >= 15 is 0 Å². The van der Waals surface area contributed by atoms with Crippen LogP contribution in [0.1, 0.15) is 38.7 Å². The predicted octanol–water partition coefficient (Wildman–Crippen LogP) is 5.16. The van der Waals surface area contributed by atoms with Crippen LogP contribution < -0.4 is 4.90 Å². The van der Waals surface area contributed by atoms with Crippen molar-refractivity contribution in [2.75, 3.05) is 24.7 Å². The molecule has 0 aromatic heterocycles. The fraction of sp³-hybridized carbons (Fsp3) is 0.567. The van der Waals surface area contributed by atoms with Gasteiger partial charge in [-0.2, -0.15) is 0 Å². The van der Waals surface area contributed by atoms with Crippen molar-refractivity contribution in [2.45, 2.75) is 66.9 Å². The van der Waals surface area contributed by atoms with E-state index in [-0.39, 0.29) is 47.6 Å². The molecule has 0 radical (unpaired) electrons. The summed E-state index contributed by atoms with van der Waals surface area (Å²) in [5.74, 6) is -2.53. The number of allylic oxidation sites excluding steroid dienone is 1. The first-order valence-corrected chi connectivity index (χ1v) is 15.9. The molecule has 1 aromatic carbocycles. The quantitative estimate of drug-likeness (QED) is 0.145. The number of thioether (sulfide) groups is 1. The summed E-state index contributed by atoms with van der Waals surface area (Å²) in [6, 6.07) is 3.94. The first-order chi connectivity index (χ1) is 19.0. The number of carbonyl (C=O) groups excluding carboxylic acids is 3. The van der Waals surface area contributed by atoms with Crippen LogP contribution in [0, 0.1) is 24.7 Å². The maximum absolute atomic E-state index is 14.8. The third-order valence-electron chi connectivity index (χ3n) is 8.38. The zero-order chi connectivity index (χ0) is 29.4. The molecule has 1 N–H and O–H groups in total. The summed E-state index contributed by atoms with van der Waals surface area (Å²) in [5.41, 5.74) is 1.38. The molecule has 3 heterocycles. The smallest absolute Gasteiger partial charge is 0.310 e. The number of benzene rings is 1. The van der Waals surface area contributed by atoms with E-state index in [0.29, 0.717) is 23.6 Å². The average Bonchev–Trinajstić information content (AvgIpc) is 3.49. The van der Waals surface area contributed by atoms with Crippen molar-refractivity contribution in [1.82, 2.24) is 4.90 Å². The number of nitrogens with zero attached hydrogens (tertiary/aromatic N) is 2. The summed E-state index contributed by atoms with van der Waals surface area (Å²) < 4.78 is 4.80. The zero-order valence-electron chi connectivity index (χ0n) is 23.2. The number of unbranched alkanes of at least 4 members (excludes halogenated alkanes) is 1. The van der Waals surface area contributed by atoms with Crippen LogP contribution in [-0.4, -0.2) is 74.5 Å². The van der Waals surface area contributed by atoms with Crippen molar-refractivity contribution in [3.8, 4) is 0 Å². The highest BCUT2D eigenvalue weighted by Crippen LogP contribution is 2.68. The Labute approximate surface area is 254 Å². The highest BCUT2D eigenvalue weighted by Gasteiger charge is 2.76. The van der Waals surface area contributed by atoms with Crippen LogP contribution in [0.25, 0.3) is 0 Å². The van der Waals surface area contributed by atoms with Crippen LogP contribution in [0.3, 0.4) is 0 Å². The number of carbonyl (C=O) groups is 3. The first kappa shape index (κ1) is 31.1. The minimum absolute atomic E-state index is 0.0796. The van der Waals surface area contributed by atoms with Gasteiger partial charge in [-0.1, -0.05) is 65.7 Å². The largest absolute Gasteiger partial charge is 0.465 e. The van der Waals surface area contributed by atoms with Crippen LogP contribution in [0.5, 0.6) is 0 Å². The van der Waals surface area contributed by atoms with Gasteiger partial charge in [0.05, 0.1) is 46.5 Å². The Morgan fingerprint density at radius 1 is 1.35 bits per heavy atom. The van der Waals surface area contributed by atoms with Gasteiger partial charge in [0, 0.05) is 16.6 Å². The number of halogens is 2. The number of para-hydroxylation sites is 1. The third-order valence-corrected chi connectivity index (χ3v) is 11.9. The molecule has 2 amide bonds. The Kier molecular flexibility index (Phi) is 9.80. The number of ether oxygens (including phenoxy) is 1. The van der Waals surface area contributed by atoms with Crippen molar-refractivity contribution >= 4 is 62.8 Å². The van der Waals surface area contributed by atoms with E-state index in [2.05, 4.69) is 29.1 Å². The van der Waals surface area contributed by atoms with Crippen molar-refractivity contribution in [3.05, 3.63) is 54.1 Å². The molecule has 218 valence electrons. The maximum Gasteiger partial charge on any atom is 0.310 e. The lowest BCUT2D eigenvalue weighted by Gasteiger charge is -2.41. The van der Waals surface area contributed by atoms with E-state index in [0.717, 1.165) is 12.0 Å². The maximum atomic E-state index is 14.8. The van der Waals surface area contributed by atoms with Crippen molar-refractivity contribution in [2.24, 2.45) is 17.8 Å². The van der Waals surface area contributed by atoms with Crippen LogP contribution in [0.2, 0.25) is 5.02 Å². The lowest BCUT2D eigenvalue weighted by Crippen LogP contribution is -2.59. The van der Waals surface area contributed by atoms with Gasteiger partial charge in [0.1, 0.15) is 6.04 Å². The van der Waals surface area contributed by atoms with Gasteiger partial charge in [0.15, 0.2) is 0 Å². The fourth-order valence-corrected chi connectivity index (χ4v) is 10.5. The molecule has 2 bridgehead atoms. The van der Waals surface area contributed by atoms with E-state index in [1.165, 1.54) is 0 Å². The monoisotopic (exact) mass is 652 g/mol. The summed E-state index contributed by atoms with van der Waals surface area (Å²) in [6.45, 7) is 13.4. The second kappa shape index (κ2) is 12.6. The van der Waals surface area contributed by atoms with Gasteiger partial charge < -0.3 is 19.6 Å². The number of anilines is 1. The lowest BCUT2D eigenvalue weighted by molar-refractivity contribution is -0.154. The van der Waals surface area contributed by atoms with Crippen LogP contribution in [0.15, 0.2) is 43.5 Å². The minimum atomic E-state index is -0.909. The third kappa shape index (κ3) is 5.16. The van der Waals surface area contributed by atoms with Gasteiger partial charge in [-0.3, -0.25) is 14.4 Å². The first-order valence-electron chi connectivity index (χ1n) is 13.8. The Morgan fingerprint density at radius 2 is 2.08 bits per heavy atom. The zero-order valence-corrected chi connectivity index (χ0v) is 26.4. The molecular weight excluding hydrogens is 616 g/mol. The SMILES string of the molecule is C=CCCCOC(=O)[C@H]1[C@@H]2SC3(CC2Br)C(C(=O)N(CC=C)c2c(C)cccc2Cl)N([C@@H](CO)C(C)C)C(=O)[C@H]13. The van der Waals surface area contributed by atoms with Gasteiger partial charge >= 0.3 is 5.97 Å². The molecule has 1 aromatic rings. The van der Waals surface area contributed by atoms with Gasteiger partial charge in [-0.25, -0.2) is 0 Å². The molecule has 7 atom stereocenters. The molecule has 0 saturated carbocycles. The van der Waals surface area contributed by atoms with Gasteiger partial charge in [0.2, 0.25) is 5.91 Å². The second-order valence-corrected chi connectivity index (χ2v) is 14.3. The van der Waals surface area contributed by atoms with Gasteiger partial charge in [-0.15, -0.1) is 24.9 Å². The summed E-state index contributed by atoms with van der Waals surface area (Å²) in [6.07, 6.45) is 5.32. The Morgan fingerprint density at radius 3 is 2.67 bits per heavy atom. The highest BCUT2D eigenvalue weighted by atomic mass is 79.9. The molecule has 3 saturated heterocycles. The molecule has 40 heavy (non-hydrogen) atoms. The van der Waals surface area contributed by atoms with E-state index in [4.69, 9.17) is 16.3 Å². The molecule has 3 unspecified atom stereocenters. The molecule has 4 rings (SSSR count). The number of aryl methyl sites for hydroxylation is 1. The Bertz CT molecular complexity index is 1160. The number of aliphatic hydroxyl groups is 1. The van der Waals surface area contributed by atoms with Crippen molar-refractivity contribution < 1.29 is 24.2 Å². The topological polar surface area (TPSA) is 87.2 Å². The molecular formula is C30H38BrClN2O5S. The molecule has 3 aliphatic rings. The number of hydrogen-bond donors (Lipinski definition) is 1. The lowest BCUT2D eigenvalue weighted by atomic mass is 9.71. The number of alkyl halides is 1. The Hall–Kier alpha value is -1.81. The number of fused-ring (bicyclic) bond motifs is 1. The van der Waals surface area contributed by atoms with Crippen LogP contribution >= 0.6 is 39.3 Å². The van der Waals surface area contributed by atoms with E-state index < -0.39 is 34.6 Å². The molecule has 7 nitrogen and oxygen atoms in total. The molecule has 0 aliphatic carbocycles. The van der Waals surface area contributed by atoms with Crippen LogP contribution in [-0.2, 0) is 19.1 Å². The van der Waals surface area contributed by atoms with Gasteiger partial charge in [0.25, 0.3) is 5.91 Å². The van der Waals surface area contributed by atoms with E-state index in [1.807, 2.05) is 32.9 Å². The summed E-state index contributed by atoms with van der Waals surface area (Å²) in [7, 11) is 0. The predicted molar refractivity (Wildman–Crippen MR) is 164 cm³/mol. The fourth-order valence-electron chi connectivity index (χ4n) is 6.62. The molecule has 3 fully saturated rings. The average molecular weight is 654 g/mol. The van der Waals surface area contributed by atoms with Crippen molar-refractivity contribution in [3.63, 3.8) is 0 Å². The summed E-state index contributed by atoms with van der Waals surface area (Å²) in [5, 5.41) is 10.7. The van der Waals surface area contributed by atoms with E-state index in [9.17, 15) is 19.5 Å². The molecule has 1 spiro atoms. The second-order valence-electron chi connectivity index (χ2n) is 11.1. The number of likely N-dealkylation sites (tertiary alicyclic amines) is 1. The summed E-state index contributed by atoms with van der Waals surface area (Å²) in [4.78, 5) is 45.8. The summed E-state index contributed by atoms with van der Waals surface area (Å²) >= 11 is 12.0. The normalized spacial score (nSPS) is 29.4. The number of amides is 2. The molecule has 10 heteroatoms. The minimum Gasteiger partial charge on any atom is -0.465 e. The molecule has 3 aliphatic heterocycles. The van der Waals surface area contributed by atoms with Crippen molar-refractivity contribution in [1.29, 1.82) is 0 Å². The standard InChI is InChI=1S/C30H38BrClN2O5S/c1-6-8-9-14-39-29(38)22-23-27(36)34(21(16-35)17(3)4)26(30(23)15-19(31)25(22)40-30)28(37)33(13-7-2)24-18(5)11-10-12-20(24)32/h6-7,10-12,17,19,21-23,25-26,35H,1-2,8-9,13-16H2,3-5H3/t19?,21-,22+,23-,25+,26?,30?/m0/s1. The number of esters is 1. The van der Waals surface area contributed by atoms with Crippen LogP contribution in [0.4, 0.5) is 5.69 Å². The van der Waals surface area contributed by atoms with Gasteiger partial charge in [-0.05, 0) is 43.7 Å². The number of rotatable bonds is 12. The highest BCUT2D eigenvalue weighted by molar-refractivity contribution is 9.09. The van der Waals surface area contributed by atoms with E-state index in [1.54, 1.807) is 39.8 Å². The Balaban J connectivity index is 1.82.